The average molecular weight is 507 g/mol. The summed E-state index contributed by atoms with van der Waals surface area (Å²) in [6.07, 6.45) is -2.85. The summed E-state index contributed by atoms with van der Waals surface area (Å²) in [5, 5.41) is 2.42. The van der Waals surface area contributed by atoms with Gasteiger partial charge in [0.05, 0.1) is 19.0 Å². The number of carbonyl (C=O) groups is 3. The summed E-state index contributed by atoms with van der Waals surface area (Å²) in [7, 11) is -9.26. The summed E-state index contributed by atoms with van der Waals surface area (Å²) in [6.45, 7) is 4.01. The number of hydrogen-bond donors (Lipinski definition) is 3. The molecule has 0 aromatic heterocycles. The van der Waals surface area contributed by atoms with Crippen molar-refractivity contribution in [3.05, 3.63) is 0 Å². The first-order valence-corrected chi connectivity index (χ1v) is 12.5. The largest absolute Gasteiger partial charge is 0.508 e. The normalized spacial score (nSPS) is 13.2. The van der Waals surface area contributed by atoms with E-state index in [2.05, 4.69) is 19.3 Å². The third-order valence-corrected chi connectivity index (χ3v) is 5.28. The average Bonchev–Trinajstić information content (AvgIpc) is 2.64. The Morgan fingerprint density at radius 1 is 1.09 bits per heavy atom. The number of phosphoric ester groups is 1. The van der Waals surface area contributed by atoms with Crippen LogP contribution in [-0.2, 0) is 47.2 Å². The maximum Gasteiger partial charge on any atom is 0.508 e. The lowest BCUT2D eigenvalue weighted by Gasteiger charge is -2.31. The number of esters is 1. The summed E-state index contributed by atoms with van der Waals surface area (Å²) in [4.78, 5) is 52.4. The van der Waals surface area contributed by atoms with Gasteiger partial charge in [-0.05, 0) is 13.3 Å². The molecule has 0 fully saturated rings. The van der Waals surface area contributed by atoms with E-state index < -0.39 is 67.2 Å². The van der Waals surface area contributed by atoms with Crippen molar-refractivity contribution >= 4 is 36.0 Å². The minimum atomic E-state index is -5.18. The molecule has 0 radical (unpaired) electrons. The van der Waals surface area contributed by atoms with Crippen LogP contribution < -0.4 is 5.32 Å². The zero-order valence-corrected chi connectivity index (χ0v) is 20.0. The van der Waals surface area contributed by atoms with Crippen LogP contribution in [0.15, 0.2) is 0 Å². The molecule has 0 saturated carbocycles. The van der Waals surface area contributed by atoms with Gasteiger partial charge in [0, 0.05) is 18.9 Å². The Morgan fingerprint density at radius 2 is 1.69 bits per heavy atom. The second-order valence-electron chi connectivity index (χ2n) is 7.02. The van der Waals surface area contributed by atoms with Crippen LogP contribution in [0.3, 0.4) is 0 Å². The molecule has 0 aliphatic rings. The lowest BCUT2D eigenvalue weighted by Crippen LogP contribution is -2.43. The van der Waals surface area contributed by atoms with Crippen LogP contribution in [0, 0.1) is 5.41 Å². The van der Waals surface area contributed by atoms with Gasteiger partial charge in [-0.2, -0.15) is 8.42 Å². The molecular weight excluding hydrogens is 477 g/mol. The molecule has 14 nitrogen and oxygen atoms in total. The van der Waals surface area contributed by atoms with Crippen molar-refractivity contribution in [2.24, 2.45) is 5.41 Å². The number of nitrogens with one attached hydrogen (secondary N) is 1. The Hall–Kier alpha value is -1.77. The summed E-state index contributed by atoms with van der Waals surface area (Å²) < 4.78 is 58.6. The fourth-order valence-corrected chi connectivity index (χ4v) is 3.78. The highest BCUT2D eigenvalue weighted by Gasteiger charge is 2.43. The van der Waals surface area contributed by atoms with E-state index in [0.29, 0.717) is 0 Å². The highest BCUT2D eigenvalue weighted by atomic mass is 32.2. The van der Waals surface area contributed by atoms with Crippen LogP contribution in [-0.4, -0.2) is 81.1 Å². The van der Waals surface area contributed by atoms with Crippen molar-refractivity contribution in [3.8, 4) is 0 Å². The molecular formula is C16H30NO13PS. The minimum Gasteiger partial charge on any atom is -0.460 e. The number of phosphoric acid groups is 1. The smallest absolute Gasteiger partial charge is 0.460 e. The zero-order chi connectivity index (χ0) is 25.0. The Morgan fingerprint density at radius 3 is 2.22 bits per heavy atom. The second kappa shape index (κ2) is 13.7. The first-order valence-electron chi connectivity index (χ1n) is 9.41. The van der Waals surface area contributed by atoms with Crippen molar-refractivity contribution in [1.82, 2.24) is 5.32 Å². The van der Waals surface area contributed by atoms with E-state index in [1.54, 1.807) is 6.92 Å². The summed E-state index contributed by atoms with van der Waals surface area (Å²) in [5.74, 6) is -2.01. The van der Waals surface area contributed by atoms with Gasteiger partial charge in [-0.3, -0.25) is 13.5 Å². The van der Waals surface area contributed by atoms with E-state index in [1.807, 2.05) is 0 Å². The van der Waals surface area contributed by atoms with Gasteiger partial charge >= 0.3 is 19.9 Å². The molecule has 0 aromatic carbocycles. The molecule has 0 saturated heterocycles. The monoisotopic (exact) mass is 507 g/mol. The Labute approximate surface area is 186 Å². The molecule has 1 atom stereocenters. The Kier molecular flexibility index (Phi) is 12.9. The van der Waals surface area contributed by atoms with Crippen LogP contribution in [0.4, 0.5) is 4.79 Å². The van der Waals surface area contributed by atoms with Crippen LogP contribution in [0.25, 0.3) is 0 Å². The highest BCUT2D eigenvalue weighted by Crippen LogP contribution is 2.42. The highest BCUT2D eigenvalue weighted by molar-refractivity contribution is 7.86. The molecule has 3 N–H and O–H groups in total. The minimum absolute atomic E-state index is 0.0628. The quantitative estimate of drug-likeness (QED) is 0.116. The first kappa shape index (κ1) is 30.2. The molecule has 32 heavy (non-hydrogen) atoms. The maximum absolute atomic E-state index is 12.3. The predicted molar refractivity (Wildman–Crippen MR) is 108 cm³/mol. The van der Waals surface area contributed by atoms with Crippen LogP contribution in [0.5, 0.6) is 0 Å². The number of hydrogen-bond acceptors (Lipinski definition) is 11. The van der Waals surface area contributed by atoms with E-state index >= 15 is 0 Å². The molecule has 16 heteroatoms. The third-order valence-electron chi connectivity index (χ3n) is 3.53. The topological polar surface area (TPSA) is 201 Å². The van der Waals surface area contributed by atoms with Gasteiger partial charge in [-0.1, -0.05) is 13.8 Å². The SMILES string of the molecule is CCOC(=O)OCCOC(=O)[C@H](OP(=O)(O)O)C(C)(C)COS(=O)(=O)CCCNC(C)=O. The van der Waals surface area contributed by atoms with Gasteiger partial charge in [0.25, 0.3) is 10.1 Å². The number of amides is 1. The Balaban J connectivity index is 4.98. The van der Waals surface area contributed by atoms with Crippen molar-refractivity contribution < 1.29 is 60.1 Å². The molecule has 0 bridgehead atoms. The van der Waals surface area contributed by atoms with E-state index in [9.17, 15) is 27.4 Å². The van der Waals surface area contributed by atoms with Crippen molar-refractivity contribution in [2.45, 2.75) is 40.2 Å². The standard InChI is InChI=1S/C16H30NO13PS/c1-5-26-15(20)28-9-8-27-14(19)13(30-31(21,22)23)16(3,4)11-29-32(24,25)10-6-7-17-12(2)18/h13H,5-11H2,1-4H3,(H,17,18)(H2,21,22,23)/t13-/m0/s1. The van der Waals surface area contributed by atoms with E-state index in [0.717, 1.165) is 0 Å². The van der Waals surface area contributed by atoms with Crippen LogP contribution >= 0.6 is 7.82 Å². The third kappa shape index (κ3) is 14.3. The van der Waals surface area contributed by atoms with Crippen molar-refractivity contribution in [2.75, 3.05) is 38.7 Å². The zero-order valence-electron chi connectivity index (χ0n) is 18.3. The molecule has 0 heterocycles. The number of rotatable bonds is 15. The van der Waals surface area contributed by atoms with Crippen molar-refractivity contribution in [3.63, 3.8) is 0 Å². The Bertz CT molecular complexity index is 777. The molecule has 0 rings (SSSR count). The fourth-order valence-electron chi connectivity index (χ4n) is 2.03. The van der Waals surface area contributed by atoms with E-state index in [4.69, 9.17) is 18.7 Å². The lowest BCUT2D eigenvalue weighted by atomic mass is 9.87. The molecule has 0 aliphatic carbocycles. The molecule has 0 spiro atoms. The van der Waals surface area contributed by atoms with Crippen LogP contribution in [0.2, 0.25) is 0 Å². The van der Waals surface area contributed by atoms with Gasteiger partial charge in [-0.25, -0.2) is 14.2 Å². The summed E-state index contributed by atoms with van der Waals surface area (Å²) in [6, 6.07) is 0. The van der Waals surface area contributed by atoms with Gasteiger partial charge in [-0.15, -0.1) is 0 Å². The van der Waals surface area contributed by atoms with E-state index in [1.165, 1.54) is 20.8 Å². The maximum atomic E-state index is 12.3. The lowest BCUT2D eigenvalue weighted by molar-refractivity contribution is -0.161. The number of ether oxygens (including phenoxy) is 3. The molecule has 188 valence electrons. The predicted octanol–water partition coefficient (Wildman–Crippen LogP) is 0.0794. The fraction of sp³-hybridized carbons (Fsp3) is 0.812. The van der Waals surface area contributed by atoms with Crippen LogP contribution in [0.1, 0.15) is 34.1 Å². The van der Waals surface area contributed by atoms with Crippen molar-refractivity contribution in [1.29, 1.82) is 0 Å². The second-order valence-corrected chi connectivity index (χ2v) is 9.98. The summed E-state index contributed by atoms with van der Waals surface area (Å²) >= 11 is 0. The number of carbonyl (C=O) groups excluding carboxylic acids is 3. The van der Waals surface area contributed by atoms with Gasteiger partial charge < -0.3 is 29.3 Å². The van der Waals surface area contributed by atoms with Gasteiger partial charge in [0.2, 0.25) is 5.91 Å². The molecule has 0 aliphatic heterocycles. The molecule has 0 unspecified atom stereocenters. The first-order chi connectivity index (χ1) is 14.6. The van der Waals surface area contributed by atoms with E-state index in [-0.39, 0.29) is 25.5 Å². The molecule has 1 amide bonds. The van der Waals surface area contributed by atoms with Gasteiger partial charge in [0.1, 0.15) is 13.2 Å². The molecule has 0 aromatic rings. The van der Waals surface area contributed by atoms with Gasteiger partial charge in [0.15, 0.2) is 6.10 Å². The summed E-state index contributed by atoms with van der Waals surface area (Å²) in [5.41, 5.74) is -1.56.